The monoisotopic (exact) mass is 420 g/mol. The predicted octanol–water partition coefficient (Wildman–Crippen LogP) is 1.58. The first-order chi connectivity index (χ1) is 14.4. The molecule has 0 aromatic heterocycles. The minimum Gasteiger partial charge on any atom is -0.368 e. The highest BCUT2D eigenvalue weighted by molar-refractivity contribution is 6.15. The van der Waals surface area contributed by atoms with Crippen LogP contribution in [0.1, 0.15) is 84.5 Å². The highest BCUT2D eigenvalue weighted by Crippen LogP contribution is 2.37. The number of rotatable bonds is 9. The summed E-state index contributed by atoms with van der Waals surface area (Å²) in [7, 11) is 0. The quantitative estimate of drug-likeness (QED) is 0.421. The van der Waals surface area contributed by atoms with Crippen LogP contribution in [0.4, 0.5) is 0 Å². The Morgan fingerprint density at radius 3 is 1.67 bits per heavy atom. The molecular weight excluding hydrogens is 380 g/mol. The second-order valence-electron chi connectivity index (χ2n) is 9.69. The van der Waals surface area contributed by atoms with E-state index in [1.54, 1.807) is 0 Å². The molecule has 2 aliphatic carbocycles. The van der Waals surface area contributed by atoms with Gasteiger partial charge in [0.2, 0.25) is 5.91 Å². The summed E-state index contributed by atoms with van der Waals surface area (Å²) in [5.41, 5.74) is 4.28. The summed E-state index contributed by atoms with van der Waals surface area (Å²) in [6, 6.07) is -1.32. The van der Waals surface area contributed by atoms with Crippen molar-refractivity contribution in [2.45, 2.75) is 115 Å². The first-order valence-electron chi connectivity index (χ1n) is 12.0. The third kappa shape index (κ3) is 4.94. The number of Topliss-reactive ketones (excluding diaryl/α,β-unsaturated/α-hetero) is 2. The first-order valence-corrected chi connectivity index (χ1v) is 12.0. The van der Waals surface area contributed by atoms with Crippen molar-refractivity contribution in [1.82, 2.24) is 16.0 Å². The molecule has 1 heterocycles. The van der Waals surface area contributed by atoms with E-state index in [9.17, 15) is 14.4 Å². The van der Waals surface area contributed by atoms with Crippen LogP contribution in [0.3, 0.4) is 0 Å². The van der Waals surface area contributed by atoms with Crippen LogP contribution >= 0.6 is 0 Å². The van der Waals surface area contributed by atoms with E-state index in [4.69, 9.17) is 5.73 Å². The van der Waals surface area contributed by atoms with Gasteiger partial charge in [0, 0.05) is 12.1 Å². The van der Waals surface area contributed by atoms with Gasteiger partial charge >= 0.3 is 0 Å². The second-order valence-corrected chi connectivity index (χ2v) is 9.69. The molecule has 0 spiro atoms. The van der Waals surface area contributed by atoms with Crippen LogP contribution in [0, 0.1) is 5.41 Å². The molecule has 1 amide bonds. The zero-order valence-corrected chi connectivity index (χ0v) is 18.7. The van der Waals surface area contributed by atoms with Gasteiger partial charge in [0.1, 0.15) is 11.5 Å². The zero-order chi connectivity index (χ0) is 21.7. The second kappa shape index (κ2) is 10.3. The van der Waals surface area contributed by atoms with Gasteiger partial charge in [0.25, 0.3) is 0 Å². The molecule has 3 fully saturated rings. The number of nitrogens with two attached hydrogens (primary N) is 1. The van der Waals surface area contributed by atoms with Gasteiger partial charge in [-0.05, 0) is 52.5 Å². The van der Waals surface area contributed by atoms with Crippen molar-refractivity contribution < 1.29 is 14.4 Å². The molecule has 7 heteroatoms. The van der Waals surface area contributed by atoms with Gasteiger partial charge in [0.15, 0.2) is 11.6 Å². The maximum atomic E-state index is 13.7. The van der Waals surface area contributed by atoms with Crippen molar-refractivity contribution in [2.24, 2.45) is 11.1 Å². The van der Waals surface area contributed by atoms with Gasteiger partial charge in [-0.25, -0.2) is 0 Å². The lowest BCUT2D eigenvalue weighted by atomic mass is 9.68. The van der Waals surface area contributed by atoms with Gasteiger partial charge < -0.3 is 21.7 Å². The summed E-state index contributed by atoms with van der Waals surface area (Å²) >= 11 is 0. The van der Waals surface area contributed by atoms with E-state index in [-0.39, 0.29) is 11.6 Å². The third-order valence-electron chi connectivity index (χ3n) is 7.49. The maximum Gasteiger partial charge on any atom is 0.236 e. The fourth-order valence-electron chi connectivity index (χ4n) is 5.90. The molecular formula is C23H40N4O3. The van der Waals surface area contributed by atoms with Crippen LogP contribution in [-0.2, 0) is 14.4 Å². The van der Waals surface area contributed by atoms with Crippen LogP contribution in [0.2, 0.25) is 0 Å². The summed E-state index contributed by atoms with van der Waals surface area (Å²) in [4.78, 5) is 39.7. The van der Waals surface area contributed by atoms with Gasteiger partial charge in [-0.1, -0.05) is 38.5 Å². The molecule has 1 saturated heterocycles. The number of ketones is 2. The Morgan fingerprint density at radius 2 is 1.27 bits per heavy atom. The smallest absolute Gasteiger partial charge is 0.236 e. The average molecular weight is 421 g/mol. The molecule has 0 aromatic carbocycles. The first kappa shape index (κ1) is 23.4. The molecule has 3 aliphatic rings. The number of carbonyl (C=O) groups excluding carboxylic acids is 3. The SMILES string of the molecule is C[C@@H](NC1CCCCC1)C(=O)C1(C(=O)[C@@H](C)NC2CCCCC2)CCN[C@@H]1C(N)=O. The summed E-state index contributed by atoms with van der Waals surface area (Å²) in [5, 5.41) is 9.96. The van der Waals surface area contributed by atoms with Crippen molar-refractivity contribution in [3.8, 4) is 0 Å². The molecule has 0 bridgehead atoms. The van der Waals surface area contributed by atoms with E-state index in [1.165, 1.54) is 12.8 Å². The Morgan fingerprint density at radius 1 is 0.833 bits per heavy atom. The summed E-state index contributed by atoms with van der Waals surface area (Å²) in [6.45, 7) is 4.11. The van der Waals surface area contributed by atoms with Crippen LogP contribution in [-0.4, -0.2) is 54.2 Å². The van der Waals surface area contributed by atoms with Gasteiger partial charge in [-0.3, -0.25) is 14.4 Å². The van der Waals surface area contributed by atoms with Crippen molar-refractivity contribution in [1.29, 1.82) is 0 Å². The van der Waals surface area contributed by atoms with Gasteiger partial charge in [-0.2, -0.15) is 0 Å². The van der Waals surface area contributed by atoms with Crippen LogP contribution in [0.25, 0.3) is 0 Å². The van der Waals surface area contributed by atoms with Crippen LogP contribution < -0.4 is 21.7 Å². The Balaban J connectivity index is 1.78. The minimum absolute atomic E-state index is 0.191. The lowest BCUT2D eigenvalue weighted by Gasteiger charge is -2.37. The molecule has 0 radical (unpaired) electrons. The Bertz CT molecular complexity index is 588. The van der Waals surface area contributed by atoms with Crippen LogP contribution in [0.5, 0.6) is 0 Å². The third-order valence-corrected chi connectivity index (χ3v) is 7.49. The normalized spacial score (nSPS) is 27.5. The largest absolute Gasteiger partial charge is 0.368 e. The number of amides is 1. The summed E-state index contributed by atoms with van der Waals surface area (Å²) in [5.74, 6) is -1.00. The Kier molecular flexibility index (Phi) is 8.04. The fourth-order valence-corrected chi connectivity index (χ4v) is 5.90. The van der Waals surface area contributed by atoms with Crippen LogP contribution in [0.15, 0.2) is 0 Å². The van der Waals surface area contributed by atoms with E-state index in [0.29, 0.717) is 25.0 Å². The molecule has 3 atom stereocenters. The molecule has 0 aromatic rings. The molecule has 30 heavy (non-hydrogen) atoms. The van der Waals surface area contributed by atoms with E-state index in [2.05, 4.69) is 16.0 Å². The molecule has 5 N–H and O–H groups in total. The van der Waals surface area contributed by atoms with Crippen molar-refractivity contribution >= 4 is 17.5 Å². The highest BCUT2D eigenvalue weighted by atomic mass is 16.2. The number of primary amides is 1. The van der Waals surface area contributed by atoms with E-state index < -0.39 is 29.4 Å². The molecule has 1 aliphatic heterocycles. The zero-order valence-electron chi connectivity index (χ0n) is 18.7. The van der Waals surface area contributed by atoms with E-state index in [1.807, 2.05) is 13.8 Å². The Hall–Kier alpha value is -1.31. The van der Waals surface area contributed by atoms with Gasteiger partial charge in [0.05, 0.1) is 12.1 Å². The molecule has 3 rings (SSSR count). The number of carbonyl (C=O) groups is 3. The molecule has 2 saturated carbocycles. The van der Waals surface area contributed by atoms with Crippen molar-refractivity contribution in [2.75, 3.05) is 6.54 Å². The molecule has 7 nitrogen and oxygen atoms in total. The van der Waals surface area contributed by atoms with Crippen molar-refractivity contribution in [3.05, 3.63) is 0 Å². The van der Waals surface area contributed by atoms with E-state index in [0.717, 1.165) is 51.4 Å². The van der Waals surface area contributed by atoms with E-state index >= 15 is 0 Å². The Labute approximate surface area is 180 Å². The highest BCUT2D eigenvalue weighted by Gasteiger charge is 2.58. The lowest BCUT2D eigenvalue weighted by Crippen LogP contribution is -2.63. The predicted molar refractivity (Wildman–Crippen MR) is 117 cm³/mol. The standard InChI is InChI=1S/C23H40N4O3/c1-15(26-17-9-5-3-6-10-17)20(28)23(13-14-25-19(23)22(24)30)21(29)16(2)27-18-11-7-4-8-12-18/h15-19,25-27H,3-14H2,1-2H3,(H2,24,30)/t15-,16-,19-/m1/s1. The summed E-state index contributed by atoms with van der Waals surface area (Å²) < 4.78 is 0. The topological polar surface area (TPSA) is 113 Å². The molecule has 0 unspecified atom stereocenters. The number of hydrogen-bond donors (Lipinski definition) is 4. The lowest BCUT2D eigenvalue weighted by molar-refractivity contribution is -0.147. The summed E-state index contributed by atoms with van der Waals surface area (Å²) in [6.07, 6.45) is 11.7. The fraction of sp³-hybridized carbons (Fsp3) is 0.870. The van der Waals surface area contributed by atoms with Gasteiger partial charge in [-0.15, -0.1) is 0 Å². The minimum atomic E-state index is -1.39. The average Bonchev–Trinajstić information content (AvgIpc) is 3.20. The number of nitrogens with one attached hydrogen (secondary N) is 3. The van der Waals surface area contributed by atoms with Crippen molar-refractivity contribution in [3.63, 3.8) is 0 Å². The molecule has 170 valence electrons. The maximum absolute atomic E-state index is 13.7. The number of hydrogen-bond acceptors (Lipinski definition) is 6.